The number of halogens is 1. The van der Waals surface area contributed by atoms with Crippen LogP contribution in [-0.4, -0.2) is 49.6 Å². The van der Waals surface area contributed by atoms with Crippen LogP contribution in [0.15, 0.2) is 58.5 Å². The molecule has 0 saturated carbocycles. The predicted molar refractivity (Wildman–Crippen MR) is 126 cm³/mol. The normalized spacial score (nSPS) is 15.6. The van der Waals surface area contributed by atoms with Crippen LogP contribution in [0.3, 0.4) is 0 Å². The molecule has 9 heteroatoms. The number of rotatable bonds is 11. The van der Waals surface area contributed by atoms with Crippen LogP contribution in [0.5, 0.6) is 5.75 Å². The van der Waals surface area contributed by atoms with E-state index in [-0.39, 0.29) is 24.5 Å². The van der Waals surface area contributed by atoms with Crippen LogP contribution in [0.25, 0.3) is 0 Å². The molecule has 1 saturated heterocycles. The van der Waals surface area contributed by atoms with E-state index in [2.05, 4.69) is 15.8 Å². The molecule has 2 aromatic rings. The summed E-state index contributed by atoms with van der Waals surface area (Å²) in [6.45, 7) is 1.23. The highest BCUT2D eigenvalue weighted by Gasteiger charge is 2.16. The number of hydrogen-bond donors (Lipinski definition) is 2. The third-order valence-corrected chi connectivity index (χ3v) is 5.88. The highest BCUT2D eigenvalue weighted by molar-refractivity contribution is 7.99. The molecular weight excluding hydrogens is 450 g/mol. The molecule has 0 spiro atoms. The Morgan fingerprint density at radius 1 is 1.16 bits per heavy atom. The molecule has 170 valence electrons. The van der Waals surface area contributed by atoms with Crippen molar-refractivity contribution in [3.63, 3.8) is 0 Å². The zero-order valence-corrected chi connectivity index (χ0v) is 19.2. The summed E-state index contributed by atoms with van der Waals surface area (Å²) >= 11 is 7.44. The average molecular weight is 476 g/mol. The van der Waals surface area contributed by atoms with Crippen LogP contribution >= 0.6 is 23.4 Å². The lowest BCUT2D eigenvalue weighted by Crippen LogP contribution is -2.35. The van der Waals surface area contributed by atoms with Gasteiger partial charge in [0.2, 0.25) is 5.91 Å². The van der Waals surface area contributed by atoms with Crippen LogP contribution in [0.1, 0.15) is 24.8 Å². The van der Waals surface area contributed by atoms with Gasteiger partial charge in [0.15, 0.2) is 6.61 Å². The maximum atomic E-state index is 11.9. The van der Waals surface area contributed by atoms with Gasteiger partial charge in [0.25, 0.3) is 5.91 Å². The Balaban J connectivity index is 1.30. The number of hydrogen-bond acceptors (Lipinski definition) is 6. The van der Waals surface area contributed by atoms with Gasteiger partial charge in [0.05, 0.1) is 12.3 Å². The Morgan fingerprint density at radius 2 is 1.94 bits per heavy atom. The lowest BCUT2D eigenvalue weighted by atomic mass is 10.2. The van der Waals surface area contributed by atoms with Crippen molar-refractivity contribution >= 4 is 41.4 Å². The van der Waals surface area contributed by atoms with Crippen molar-refractivity contribution < 1.29 is 19.1 Å². The van der Waals surface area contributed by atoms with Gasteiger partial charge in [-0.3, -0.25) is 9.59 Å². The molecule has 32 heavy (non-hydrogen) atoms. The molecule has 0 radical (unpaired) electrons. The van der Waals surface area contributed by atoms with E-state index in [1.54, 1.807) is 42.2 Å². The quantitative estimate of drug-likeness (QED) is 0.294. The first-order valence-electron chi connectivity index (χ1n) is 10.4. The molecular formula is C23H26ClN3O4S. The van der Waals surface area contributed by atoms with Gasteiger partial charge < -0.3 is 14.8 Å². The van der Waals surface area contributed by atoms with Gasteiger partial charge in [-0.25, -0.2) is 5.43 Å². The maximum Gasteiger partial charge on any atom is 0.258 e. The summed E-state index contributed by atoms with van der Waals surface area (Å²) in [7, 11) is 0. The molecule has 1 fully saturated rings. The highest BCUT2D eigenvalue weighted by Crippen LogP contribution is 2.20. The van der Waals surface area contributed by atoms with Gasteiger partial charge in [0.1, 0.15) is 5.75 Å². The minimum absolute atomic E-state index is 0.0513. The summed E-state index contributed by atoms with van der Waals surface area (Å²) in [5.41, 5.74) is 3.32. The molecule has 1 atom stereocenters. The van der Waals surface area contributed by atoms with Crippen molar-refractivity contribution in [1.82, 2.24) is 10.7 Å². The second kappa shape index (κ2) is 13.1. The van der Waals surface area contributed by atoms with Gasteiger partial charge in [-0.15, -0.1) is 11.8 Å². The molecule has 2 aromatic carbocycles. The lowest BCUT2D eigenvalue weighted by molar-refractivity contribution is -0.123. The monoisotopic (exact) mass is 475 g/mol. The topological polar surface area (TPSA) is 89.0 Å². The SMILES string of the molecule is O=C(COc1ccc(/C=N\NC(=O)CCSc2ccc(Cl)cc2)cc1)NC[C@@H]1CCCO1. The second-order valence-electron chi connectivity index (χ2n) is 7.14. The van der Waals surface area contributed by atoms with E-state index < -0.39 is 0 Å². The van der Waals surface area contributed by atoms with E-state index in [0.717, 1.165) is 29.9 Å². The Kier molecular flexibility index (Phi) is 9.87. The molecule has 1 aliphatic heterocycles. The molecule has 1 heterocycles. The van der Waals surface area contributed by atoms with Crippen LogP contribution in [0, 0.1) is 0 Å². The molecule has 3 rings (SSSR count). The van der Waals surface area contributed by atoms with E-state index >= 15 is 0 Å². The van der Waals surface area contributed by atoms with Crippen molar-refractivity contribution in [2.24, 2.45) is 5.10 Å². The van der Waals surface area contributed by atoms with Crippen molar-refractivity contribution in [2.45, 2.75) is 30.3 Å². The summed E-state index contributed by atoms with van der Waals surface area (Å²) in [6.07, 6.45) is 4.04. The van der Waals surface area contributed by atoms with E-state index in [9.17, 15) is 9.59 Å². The number of carbonyl (C=O) groups excluding carboxylic acids is 2. The van der Waals surface area contributed by atoms with Crippen LogP contribution < -0.4 is 15.5 Å². The highest BCUT2D eigenvalue weighted by atomic mass is 35.5. The molecule has 0 unspecified atom stereocenters. The number of hydrazone groups is 1. The maximum absolute atomic E-state index is 11.9. The molecule has 2 N–H and O–H groups in total. The van der Waals surface area contributed by atoms with Gasteiger partial charge in [0, 0.05) is 35.2 Å². The van der Waals surface area contributed by atoms with Crippen molar-refractivity contribution in [3.05, 3.63) is 59.1 Å². The van der Waals surface area contributed by atoms with E-state index in [1.807, 2.05) is 24.3 Å². The molecule has 7 nitrogen and oxygen atoms in total. The Morgan fingerprint density at radius 3 is 2.66 bits per heavy atom. The minimum Gasteiger partial charge on any atom is -0.484 e. The summed E-state index contributed by atoms with van der Waals surface area (Å²) in [5, 5.41) is 7.48. The summed E-state index contributed by atoms with van der Waals surface area (Å²) in [6, 6.07) is 14.6. The predicted octanol–water partition coefficient (Wildman–Crippen LogP) is 3.65. The average Bonchev–Trinajstić information content (AvgIpc) is 3.32. The minimum atomic E-state index is -0.178. The zero-order chi connectivity index (χ0) is 22.6. The molecule has 0 bridgehead atoms. The fraction of sp³-hybridized carbons (Fsp3) is 0.348. The fourth-order valence-electron chi connectivity index (χ4n) is 2.91. The van der Waals surface area contributed by atoms with Crippen LogP contribution in [0.4, 0.5) is 0 Å². The van der Waals surface area contributed by atoms with Gasteiger partial charge in [-0.1, -0.05) is 11.6 Å². The number of nitrogens with zero attached hydrogens (tertiary/aromatic N) is 1. The molecule has 0 aromatic heterocycles. The Hall–Kier alpha value is -2.55. The second-order valence-corrected chi connectivity index (χ2v) is 8.75. The summed E-state index contributed by atoms with van der Waals surface area (Å²) < 4.78 is 11.0. The third kappa shape index (κ3) is 8.90. The largest absolute Gasteiger partial charge is 0.484 e. The standard InChI is InChI=1S/C23H26ClN3O4S/c24-18-5-9-21(10-6-18)32-13-11-22(28)27-26-14-17-3-7-19(8-4-17)31-16-23(29)25-15-20-2-1-12-30-20/h3-10,14,20H,1-2,11-13,15-16H2,(H,25,29)(H,27,28)/b26-14-/t20-/m0/s1. The zero-order valence-electron chi connectivity index (χ0n) is 17.6. The van der Waals surface area contributed by atoms with Crippen LogP contribution in [-0.2, 0) is 14.3 Å². The first kappa shape index (κ1) is 24.1. The van der Waals surface area contributed by atoms with E-state index in [1.165, 1.54) is 0 Å². The fourth-order valence-corrected chi connectivity index (χ4v) is 3.89. The Bertz CT molecular complexity index is 900. The smallest absolute Gasteiger partial charge is 0.258 e. The summed E-state index contributed by atoms with van der Waals surface area (Å²) in [5.74, 6) is 0.897. The number of carbonyl (C=O) groups is 2. The van der Waals surface area contributed by atoms with Crippen molar-refractivity contribution in [2.75, 3.05) is 25.5 Å². The van der Waals surface area contributed by atoms with Gasteiger partial charge >= 0.3 is 0 Å². The van der Waals surface area contributed by atoms with E-state index in [0.29, 0.717) is 29.5 Å². The van der Waals surface area contributed by atoms with Crippen molar-refractivity contribution in [1.29, 1.82) is 0 Å². The van der Waals surface area contributed by atoms with Crippen LogP contribution in [0.2, 0.25) is 5.02 Å². The number of thioether (sulfide) groups is 1. The molecule has 1 aliphatic rings. The number of amides is 2. The lowest BCUT2D eigenvalue weighted by Gasteiger charge is -2.11. The number of ether oxygens (including phenoxy) is 2. The van der Waals surface area contributed by atoms with E-state index in [4.69, 9.17) is 21.1 Å². The van der Waals surface area contributed by atoms with Gasteiger partial charge in [-0.05, 0) is 66.9 Å². The third-order valence-electron chi connectivity index (χ3n) is 4.62. The Labute approximate surface area is 196 Å². The number of nitrogens with one attached hydrogen (secondary N) is 2. The molecule has 2 amide bonds. The first-order valence-corrected chi connectivity index (χ1v) is 11.8. The molecule has 0 aliphatic carbocycles. The van der Waals surface area contributed by atoms with Crippen molar-refractivity contribution in [3.8, 4) is 5.75 Å². The summed E-state index contributed by atoms with van der Waals surface area (Å²) in [4.78, 5) is 24.8. The van der Waals surface area contributed by atoms with Gasteiger partial charge in [-0.2, -0.15) is 5.10 Å². The number of benzene rings is 2. The first-order chi connectivity index (χ1) is 15.6.